The first kappa shape index (κ1) is 9.92. The molecule has 0 amide bonds. The van der Waals surface area contributed by atoms with Crippen molar-refractivity contribution in [2.75, 3.05) is 19.7 Å². The Morgan fingerprint density at radius 3 is 2.30 bits per heavy atom. The Kier molecular flexibility index (Phi) is 5.64. The summed E-state index contributed by atoms with van der Waals surface area (Å²) in [5, 5.41) is 10.3. The summed E-state index contributed by atoms with van der Waals surface area (Å²) in [6.45, 7) is 8.14. The third-order valence-corrected chi connectivity index (χ3v) is 2.00. The van der Waals surface area contributed by atoms with E-state index in [4.69, 9.17) is 0 Å². The van der Waals surface area contributed by atoms with Gasteiger partial charge in [0.15, 0.2) is 0 Å². The highest BCUT2D eigenvalue weighted by molar-refractivity contribution is 4.62. The first-order valence-corrected chi connectivity index (χ1v) is 4.08. The number of rotatable bonds is 5. The van der Waals surface area contributed by atoms with Crippen LogP contribution in [-0.4, -0.2) is 30.6 Å². The molecule has 0 aliphatic carbocycles. The molecule has 0 aliphatic rings. The summed E-state index contributed by atoms with van der Waals surface area (Å²) in [5.74, 6) is 0. The van der Waals surface area contributed by atoms with E-state index in [-0.39, 0.29) is 6.61 Å². The maximum Gasteiger partial charge on any atom is 0.0949 e. The van der Waals surface area contributed by atoms with E-state index in [1.54, 1.807) is 0 Å². The van der Waals surface area contributed by atoms with E-state index in [2.05, 4.69) is 25.7 Å². The number of likely N-dealkylation sites (N-methyl/N-ethyl adjacent to an activating group) is 1. The molecule has 61 valence electrons. The van der Waals surface area contributed by atoms with Crippen LogP contribution in [0.25, 0.3) is 0 Å². The highest BCUT2D eigenvalue weighted by Gasteiger charge is 2.07. The molecule has 10 heavy (non-hydrogen) atoms. The van der Waals surface area contributed by atoms with Crippen molar-refractivity contribution in [3.63, 3.8) is 0 Å². The predicted octanol–water partition coefficient (Wildman–Crippen LogP) is 1.54. The lowest BCUT2D eigenvalue weighted by Crippen LogP contribution is -2.34. The van der Waals surface area contributed by atoms with Gasteiger partial charge in [0, 0.05) is 12.6 Å². The van der Waals surface area contributed by atoms with Crippen molar-refractivity contribution in [1.82, 2.24) is 4.90 Å². The van der Waals surface area contributed by atoms with E-state index < -0.39 is 0 Å². The monoisotopic (exact) mass is 144 g/mol. The van der Waals surface area contributed by atoms with Gasteiger partial charge in [-0.25, -0.2) is 5.11 Å². The van der Waals surface area contributed by atoms with Crippen molar-refractivity contribution in [2.24, 2.45) is 0 Å². The standard InChI is InChI=1S/C8H18NO/c1-4-8(3)9(5-2)6-7-10/h8H,4-7H2,1-3H3. The molecule has 1 unspecified atom stereocenters. The largest absolute Gasteiger partial charge is 0.299 e. The molecule has 0 aromatic carbocycles. The minimum Gasteiger partial charge on any atom is -0.299 e. The predicted molar refractivity (Wildman–Crippen MR) is 42.6 cm³/mol. The van der Waals surface area contributed by atoms with Crippen molar-refractivity contribution in [2.45, 2.75) is 33.2 Å². The molecule has 0 N–H and O–H groups in total. The highest BCUT2D eigenvalue weighted by Crippen LogP contribution is 2.00. The van der Waals surface area contributed by atoms with Gasteiger partial charge in [-0.15, -0.1) is 0 Å². The normalized spacial score (nSPS) is 14.1. The van der Waals surface area contributed by atoms with Gasteiger partial charge in [-0.05, 0) is 19.9 Å². The van der Waals surface area contributed by atoms with E-state index in [0.29, 0.717) is 12.6 Å². The van der Waals surface area contributed by atoms with E-state index >= 15 is 0 Å². The second-order valence-corrected chi connectivity index (χ2v) is 2.59. The quantitative estimate of drug-likeness (QED) is 0.574. The fraction of sp³-hybridized carbons (Fsp3) is 1.00. The van der Waals surface area contributed by atoms with Gasteiger partial charge in [0.05, 0.1) is 6.61 Å². The first-order valence-electron chi connectivity index (χ1n) is 4.08. The second kappa shape index (κ2) is 5.69. The molecular weight excluding hydrogens is 126 g/mol. The Hall–Kier alpha value is -0.0800. The van der Waals surface area contributed by atoms with Gasteiger partial charge in [-0.1, -0.05) is 13.8 Å². The average molecular weight is 144 g/mol. The van der Waals surface area contributed by atoms with Crippen LogP contribution < -0.4 is 0 Å². The van der Waals surface area contributed by atoms with Gasteiger partial charge in [-0.2, -0.15) is 0 Å². The zero-order valence-corrected chi connectivity index (χ0v) is 7.26. The van der Waals surface area contributed by atoms with Gasteiger partial charge < -0.3 is 0 Å². The SMILES string of the molecule is CCC(C)N(CC)CC[O]. The maximum absolute atomic E-state index is 10.3. The smallest absolute Gasteiger partial charge is 0.0949 e. The van der Waals surface area contributed by atoms with Crippen LogP contribution in [0.3, 0.4) is 0 Å². The summed E-state index contributed by atoms with van der Waals surface area (Å²) in [6.07, 6.45) is 1.13. The van der Waals surface area contributed by atoms with E-state index in [0.717, 1.165) is 13.0 Å². The van der Waals surface area contributed by atoms with Gasteiger partial charge in [0.1, 0.15) is 0 Å². The Labute approximate surface area is 63.8 Å². The highest BCUT2D eigenvalue weighted by atomic mass is 16.3. The van der Waals surface area contributed by atoms with Crippen LogP contribution in [0.15, 0.2) is 0 Å². The van der Waals surface area contributed by atoms with Gasteiger partial charge in [0.2, 0.25) is 0 Å². The summed E-state index contributed by atoms with van der Waals surface area (Å²) in [4.78, 5) is 2.22. The van der Waals surface area contributed by atoms with Crippen molar-refractivity contribution in [3.05, 3.63) is 0 Å². The van der Waals surface area contributed by atoms with E-state index in [1.165, 1.54) is 0 Å². The molecule has 0 aromatic heterocycles. The van der Waals surface area contributed by atoms with Gasteiger partial charge in [0.25, 0.3) is 0 Å². The number of nitrogens with zero attached hydrogens (tertiary/aromatic N) is 1. The maximum atomic E-state index is 10.3. The van der Waals surface area contributed by atoms with Crippen LogP contribution >= 0.6 is 0 Å². The molecule has 0 saturated heterocycles. The Morgan fingerprint density at radius 1 is 1.40 bits per heavy atom. The van der Waals surface area contributed by atoms with E-state index in [1.807, 2.05) is 0 Å². The molecule has 0 heterocycles. The number of hydrogen-bond acceptors (Lipinski definition) is 1. The lowest BCUT2D eigenvalue weighted by Gasteiger charge is -2.25. The molecule has 0 aliphatic heterocycles. The summed E-state index contributed by atoms with van der Waals surface area (Å²) < 4.78 is 0. The van der Waals surface area contributed by atoms with Crippen molar-refractivity contribution < 1.29 is 5.11 Å². The minimum atomic E-state index is 0.0260. The lowest BCUT2D eigenvalue weighted by molar-refractivity contribution is 0.120. The molecule has 0 saturated carbocycles. The van der Waals surface area contributed by atoms with Crippen LogP contribution in [0.2, 0.25) is 0 Å². The lowest BCUT2D eigenvalue weighted by atomic mass is 10.2. The van der Waals surface area contributed by atoms with Crippen molar-refractivity contribution in [1.29, 1.82) is 0 Å². The molecule has 0 aromatic rings. The van der Waals surface area contributed by atoms with E-state index in [9.17, 15) is 5.11 Å². The van der Waals surface area contributed by atoms with Crippen LogP contribution in [0, 0.1) is 0 Å². The minimum absolute atomic E-state index is 0.0260. The Bertz CT molecular complexity index is 75.7. The molecule has 2 heteroatoms. The fourth-order valence-electron chi connectivity index (χ4n) is 1.07. The zero-order valence-electron chi connectivity index (χ0n) is 7.26. The van der Waals surface area contributed by atoms with Crippen LogP contribution in [-0.2, 0) is 5.11 Å². The molecule has 0 rings (SSSR count). The Morgan fingerprint density at radius 2 is 2.00 bits per heavy atom. The zero-order chi connectivity index (χ0) is 7.98. The molecule has 1 atom stereocenters. The Balaban J connectivity index is 3.56. The molecule has 2 nitrogen and oxygen atoms in total. The van der Waals surface area contributed by atoms with Gasteiger partial charge >= 0.3 is 0 Å². The average Bonchev–Trinajstić information content (AvgIpc) is 1.99. The second-order valence-electron chi connectivity index (χ2n) is 2.59. The molecule has 0 spiro atoms. The van der Waals surface area contributed by atoms with Crippen LogP contribution in [0.5, 0.6) is 0 Å². The van der Waals surface area contributed by atoms with Crippen molar-refractivity contribution in [3.8, 4) is 0 Å². The first-order chi connectivity index (χ1) is 4.76. The molecule has 0 bridgehead atoms. The van der Waals surface area contributed by atoms with Crippen LogP contribution in [0.4, 0.5) is 0 Å². The molecule has 1 radical (unpaired) electrons. The summed E-state index contributed by atoms with van der Waals surface area (Å²) in [5.41, 5.74) is 0. The topological polar surface area (TPSA) is 23.1 Å². The van der Waals surface area contributed by atoms with Crippen molar-refractivity contribution >= 4 is 0 Å². The summed E-state index contributed by atoms with van der Waals surface area (Å²) in [6, 6.07) is 0.568. The fourth-order valence-corrected chi connectivity index (χ4v) is 1.07. The third kappa shape index (κ3) is 3.18. The summed E-state index contributed by atoms with van der Waals surface area (Å²) in [7, 11) is 0. The molecular formula is C8H18NO. The third-order valence-electron chi connectivity index (χ3n) is 2.00. The van der Waals surface area contributed by atoms with Gasteiger partial charge in [-0.3, -0.25) is 4.90 Å². The molecule has 0 fully saturated rings. The van der Waals surface area contributed by atoms with Crippen LogP contribution in [0.1, 0.15) is 27.2 Å². The summed E-state index contributed by atoms with van der Waals surface area (Å²) >= 11 is 0. The number of hydrogen-bond donors (Lipinski definition) is 0.